The second-order valence-electron chi connectivity index (χ2n) is 7.35. The van der Waals surface area contributed by atoms with Crippen LogP contribution >= 0.6 is 0 Å². The van der Waals surface area contributed by atoms with Crippen LogP contribution in [0.1, 0.15) is 97.8 Å². The number of benzene rings is 1. The molecule has 0 saturated heterocycles. The summed E-state index contributed by atoms with van der Waals surface area (Å²) in [6.07, 6.45) is 10.6. The molecule has 0 fully saturated rings. The van der Waals surface area contributed by atoms with Crippen LogP contribution < -0.4 is 14.2 Å². The zero-order chi connectivity index (χ0) is 21.3. The molecule has 0 unspecified atom stereocenters. The fourth-order valence-electron chi connectivity index (χ4n) is 2.88. The molecule has 0 spiro atoms. The first-order valence-electron chi connectivity index (χ1n) is 11.3. The molecule has 1 rings (SSSR count). The van der Waals surface area contributed by atoms with Crippen molar-refractivity contribution in [3.8, 4) is 17.2 Å². The number of ether oxygens (including phenoxy) is 3. The normalized spacial score (nSPS) is 10.6. The second-order valence-corrected chi connectivity index (χ2v) is 7.35. The average molecular weight is 407 g/mol. The number of hydrogen-bond acceptors (Lipinski definition) is 5. The fourth-order valence-corrected chi connectivity index (χ4v) is 2.88. The van der Waals surface area contributed by atoms with Crippen molar-refractivity contribution in [2.75, 3.05) is 6.61 Å². The van der Waals surface area contributed by atoms with Gasteiger partial charge in [-0.15, -0.1) is 0 Å². The van der Waals surface area contributed by atoms with Crippen molar-refractivity contribution in [2.24, 2.45) is 0 Å². The number of unbranched alkanes of at least 4 members (excludes halogenated alkanes) is 7. The van der Waals surface area contributed by atoms with Gasteiger partial charge < -0.3 is 14.2 Å². The molecule has 0 heterocycles. The summed E-state index contributed by atoms with van der Waals surface area (Å²) >= 11 is 0. The Balaban J connectivity index is 2.83. The summed E-state index contributed by atoms with van der Waals surface area (Å²) in [7, 11) is 0. The Morgan fingerprint density at radius 1 is 0.690 bits per heavy atom. The van der Waals surface area contributed by atoms with E-state index in [9.17, 15) is 9.59 Å². The SMILES string of the molecule is CCCCCCOc1cccc(OC(=O)CCCCC)c1OC(=O)CCCCC. The van der Waals surface area contributed by atoms with Crippen molar-refractivity contribution >= 4 is 11.9 Å². The monoisotopic (exact) mass is 406 g/mol. The number of carbonyl (C=O) groups is 2. The Morgan fingerprint density at radius 2 is 1.24 bits per heavy atom. The van der Waals surface area contributed by atoms with Gasteiger partial charge in [-0.1, -0.05) is 71.8 Å². The van der Waals surface area contributed by atoms with Crippen LogP contribution in [-0.4, -0.2) is 18.5 Å². The first-order valence-corrected chi connectivity index (χ1v) is 11.3. The quantitative estimate of drug-likeness (QED) is 0.175. The van der Waals surface area contributed by atoms with Crippen LogP contribution in [0.15, 0.2) is 18.2 Å². The third kappa shape index (κ3) is 10.9. The van der Waals surface area contributed by atoms with Gasteiger partial charge in [-0.25, -0.2) is 0 Å². The van der Waals surface area contributed by atoms with Gasteiger partial charge in [-0.05, 0) is 31.4 Å². The molecule has 29 heavy (non-hydrogen) atoms. The molecule has 0 radical (unpaired) electrons. The molecule has 0 N–H and O–H groups in total. The third-order valence-corrected chi connectivity index (χ3v) is 4.61. The van der Waals surface area contributed by atoms with Crippen molar-refractivity contribution in [1.29, 1.82) is 0 Å². The minimum Gasteiger partial charge on any atom is -0.490 e. The molecule has 0 aromatic heterocycles. The van der Waals surface area contributed by atoms with Gasteiger partial charge in [0.1, 0.15) is 0 Å². The van der Waals surface area contributed by atoms with Gasteiger partial charge in [0.2, 0.25) is 5.75 Å². The molecule has 5 nitrogen and oxygen atoms in total. The lowest BCUT2D eigenvalue weighted by Gasteiger charge is -2.15. The zero-order valence-corrected chi connectivity index (χ0v) is 18.5. The Morgan fingerprint density at radius 3 is 1.86 bits per heavy atom. The minimum absolute atomic E-state index is 0.216. The van der Waals surface area contributed by atoms with Gasteiger partial charge in [-0.2, -0.15) is 0 Å². The lowest BCUT2D eigenvalue weighted by molar-refractivity contribution is -0.137. The summed E-state index contributed by atoms with van der Waals surface area (Å²) < 4.78 is 17.0. The largest absolute Gasteiger partial charge is 0.490 e. The average Bonchev–Trinajstić information content (AvgIpc) is 2.70. The predicted octanol–water partition coefficient (Wildman–Crippen LogP) is 6.62. The van der Waals surface area contributed by atoms with E-state index >= 15 is 0 Å². The second kappa shape index (κ2) is 15.8. The maximum Gasteiger partial charge on any atom is 0.311 e. The highest BCUT2D eigenvalue weighted by atomic mass is 16.6. The van der Waals surface area contributed by atoms with E-state index in [2.05, 4.69) is 20.8 Å². The van der Waals surface area contributed by atoms with E-state index in [0.29, 0.717) is 25.2 Å². The lowest BCUT2D eigenvalue weighted by atomic mass is 10.2. The van der Waals surface area contributed by atoms with E-state index in [4.69, 9.17) is 14.2 Å². The van der Waals surface area contributed by atoms with Crippen LogP contribution in [0.4, 0.5) is 0 Å². The summed E-state index contributed by atoms with van der Waals surface area (Å²) in [5.41, 5.74) is 0. The molecule has 0 aliphatic carbocycles. The van der Waals surface area contributed by atoms with Crippen molar-refractivity contribution in [2.45, 2.75) is 97.8 Å². The first-order chi connectivity index (χ1) is 14.1. The third-order valence-electron chi connectivity index (χ3n) is 4.61. The van der Waals surface area contributed by atoms with Gasteiger partial charge in [0.05, 0.1) is 6.61 Å². The topological polar surface area (TPSA) is 61.8 Å². The number of rotatable bonds is 16. The molecule has 0 aliphatic heterocycles. The number of para-hydroxylation sites is 1. The van der Waals surface area contributed by atoms with E-state index in [1.165, 1.54) is 0 Å². The van der Waals surface area contributed by atoms with Crippen LogP contribution in [0.3, 0.4) is 0 Å². The van der Waals surface area contributed by atoms with E-state index in [1.807, 2.05) is 0 Å². The van der Waals surface area contributed by atoms with Crippen LogP contribution in [0.25, 0.3) is 0 Å². The lowest BCUT2D eigenvalue weighted by Crippen LogP contribution is -2.13. The van der Waals surface area contributed by atoms with Crippen molar-refractivity contribution < 1.29 is 23.8 Å². The molecule has 1 aromatic carbocycles. The maximum absolute atomic E-state index is 12.3. The van der Waals surface area contributed by atoms with Crippen LogP contribution in [0.2, 0.25) is 0 Å². The maximum atomic E-state index is 12.3. The molecule has 0 atom stereocenters. The number of hydrogen-bond donors (Lipinski definition) is 0. The molecule has 1 aromatic rings. The van der Waals surface area contributed by atoms with Crippen molar-refractivity contribution in [1.82, 2.24) is 0 Å². The molecule has 0 saturated carbocycles. The summed E-state index contributed by atoms with van der Waals surface area (Å²) in [6.45, 7) is 6.87. The zero-order valence-electron chi connectivity index (χ0n) is 18.5. The Bertz CT molecular complexity index is 597. The van der Waals surface area contributed by atoms with Gasteiger partial charge in [-0.3, -0.25) is 9.59 Å². The highest BCUT2D eigenvalue weighted by molar-refractivity contribution is 5.77. The predicted molar refractivity (Wildman–Crippen MR) is 116 cm³/mol. The summed E-state index contributed by atoms with van der Waals surface area (Å²) in [5.74, 6) is 0.268. The standard InChI is InChI=1S/C24H38O5/c1-4-7-10-13-19-27-20-15-14-16-21(28-22(25)17-11-8-5-2)24(20)29-23(26)18-12-9-6-3/h14-16H,4-13,17-19H2,1-3H3. The Hall–Kier alpha value is -2.04. The summed E-state index contributed by atoms with van der Waals surface area (Å²) in [6, 6.07) is 5.16. The Labute approximate surface area is 176 Å². The van der Waals surface area contributed by atoms with Crippen LogP contribution in [0.5, 0.6) is 17.2 Å². The van der Waals surface area contributed by atoms with Gasteiger partial charge in [0.15, 0.2) is 11.5 Å². The van der Waals surface area contributed by atoms with E-state index in [-0.39, 0.29) is 23.4 Å². The Kier molecular flexibility index (Phi) is 13.6. The number of esters is 2. The molecule has 164 valence electrons. The molecule has 0 bridgehead atoms. The van der Waals surface area contributed by atoms with Gasteiger partial charge >= 0.3 is 11.9 Å². The van der Waals surface area contributed by atoms with Gasteiger partial charge in [0.25, 0.3) is 0 Å². The fraction of sp³-hybridized carbons (Fsp3) is 0.667. The van der Waals surface area contributed by atoms with Crippen molar-refractivity contribution in [3.05, 3.63) is 18.2 Å². The van der Waals surface area contributed by atoms with E-state index in [0.717, 1.165) is 64.2 Å². The van der Waals surface area contributed by atoms with Crippen LogP contribution in [-0.2, 0) is 9.59 Å². The smallest absolute Gasteiger partial charge is 0.311 e. The molecule has 5 heteroatoms. The van der Waals surface area contributed by atoms with Crippen molar-refractivity contribution in [3.63, 3.8) is 0 Å². The minimum atomic E-state index is -0.330. The van der Waals surface area contributed by atoms with E-state index < -0.39 is 0 Å². The molecular weight excluding hydrogens is 368 g/mol. The summed E-state index contributed by atoms with van der Waals surface area (Å²) in [4.78, 5) is 24.5. The van der Waals surface area contributed by atoms with Gasteiger partial charge in [0, 0.05) is 12.8 Å². The molecule has 0 aliphatic rings. The number of carbonyl (C=O) groups excluding carboxylic acids is 2. The molecular formula is C24H38O5. The first kappa shape index (κ1) is 25.0. The summed E-state index contributed by atoms with van der Waals surface area (Å²) in [5, 5.41) is 0. The van der Waals surface area contributed by atoms with E-state index in [1.54, 1.807) is 18.2 Å². The molecule has 0 amide bonds. The highest BCUT2D eigenvalue weighted by Gasteiger charge is 2.19. The van der Waals surface area contributed by atoms with Crippen LogP contribution in [0, 0.1) is 0 Å². The highest BCUT2D eigenvalue weighted by Crippen LogP contribution is 2.38.